The van der Waals surface area contributed by atoms with E-state index in [2.05, 4.69) is 0 Å². The Morgan fingerprint density at radius 1 is 0.967 bits per heavy atom. The first-order chi connectivity index (χ1) is 14.5. The first-order valence-corrected chi connectivity index (χ1v) is 10.2. The zero-order valence-corrected chi connectivity index (χ0v) is 17.1. The molecular weight excluding hydrogens is 425 g/mol. The lowest BCUT2D eigenvalue weighted by atomic mass is 10.1. The second kappa shape index (κ2) is 8.73. The van der Waals surface area contributed by atoms with E-state index in [1.54, 1.807) is 54.6 Å². The third kappa shape index (κ3) is 4.40. The lowest BCUT2D eigenvalue weighted by Crippen LogP contribution is -2.27. The Morgan fingerprint density at radius 2 is 1.67 bits per heavy atom. The molecule has 1 saturated heterocycles. The van der Waals surface area contributed by atoms with Crippen LogP contribution in [0, 0.1) is 5.82 Å². The van der Waals surface area contributed by atoms with Gasteiger partial charge >= 0.3 is 0 Å². The maximum absolute atomic E-state index is 13.1. The number of hydrogen-bond donors (Lipinski definition) is 0. The second-order valence-corrected chi connectivity index (χ2v) is 7.88. The fourth-order valence-electron chi connectivity index (χ4n) is 2.89. The molecule has 0 radical (unpaired) electrons. The number of benzene rings is 3. The van der Waals surface area contributed by atoms with Gasteiger partial charge < -0.3 is 4.74 Å². The van der Waals surface area contributed by atoms with Gasteiger partial charge in [-0.05, 0) is 65.9 Å². The average molecular weight is 440 g/mol. The number of amides is 2. The van der Waals surface area contributed by atoms with Crippen LogP contribution < -0.4 is 9.64 Å². The lowest BCUT2D eigenvalue weighted by molar-refractivity contribution is -0.113. The normalized spacial score (nSPS) is 15.1. The molecule has 0 saturated carbocycles. The molecule has 3 aromatic rings. The number of carbonyl (C=O) groups is 2. The molecule has 4 rings (SSSR count). The molecule has 0 aromatic heterocycles. The molecule has 0 spiro atoms. The van der Waals surface area contributed by atoms with E-state index in [0.29, 0.717) is 26.9 Å². The van der Waals surface area contributed by atoms with Crippen molar-refractivity contribution in [1.29, 1.82) is 0 Å². The summed E-state index contributed by atoms with van der Waals surface area (Å²) in [6.45, 7) is 0.247. The minimum atomic E-state index is -0.402. The maximum atomic E-state index is 13.1. The summed E-state index contributed by atoms with van der Waals surface area (Å²) in [4.78, 5) is 26.7. The molecule has 0 N–H and O–H groups in total. The van der Waals surface area contributed by atoms with Gasteiger partial charge in [0.25, 0.3) is 11.1 Å². The summed E-state index contributed by atoms with van der Waals surface area (Å²) in [5.41, 5.74) is 1.95. The Morgan fingerprint density at radius 3 is 2.40 bits per heavy atom. The SMILES string of the molecule is O=C1S/C(=C/c2ccccc2OCc2ccc(F)cc2)C(=O)N1c1ccc(Cl)cc1. The fourth-order valence-corrected chi connectivity index (χ4v) is 3.85. The fraction of sp³-hybridized carbons (Fsp3) is 0.0435. The third-order valence-electron chi connectivity index (χ3n) is 4.39. The van der Waals surface area contributed by atoms with E-state index in [9.17, 15) is 14.0 Å². The number of nitrogens with zero attached hydrogens (tertiary/aromatic N) is 1. The number of halogens is 2. The number of thioether (sulfide) groups is 1. The minimum Gasteiger partial charge on any atom is -0.488 e. The van der Waals surface area contributed by atoms with Gasteiger partial charge in [0.05, 0.1) is 10.6 Å². The van der Waals surface area contributed by atoms with Crippen LogP contribution in [0.4, 0.5) is 14.9 Å². The highest BCUT2D eigenvalue weighted by Crippen LogP contribution is 2.37. The highest BCUT2D eigenvalue weighted by atomic mass is 35.5. The average Bonchev–Trinajstić information content (AvgIpc) is 3.02. The quantitative estimate of drug-likeness (QED) is 0.438. The number of imide groups is 1. The molecular formula is C23H15ClFNO3S. The molecule has 7 heteroatoms. The van der Waals surface area contributed by atoms with Gasteiger partial charge in [0.15, 0.2) is 0 Å². The predicted octanol–water partition coefficient (Wildman–Crippen LogP) is 6.30. The van der Waals surface area contributed by atoms with Crippen molar-refractivity contribution in [3.8, 4) is 5.75 Å². The zero-order valence-electron chi connectivity index (χ0n) is 15.5. The molecule has 4 nitrogen and oxygen atoms in total. The highest BCUT2D eigenvalue weighted by Gasteiger charge is 2.36. The molecule has 0 atom stereocenters. The van der Waals surface area contributed by atoms with E-state index in [1.165, 1.54) is 12.1 Å². The van der Waals surface area contributed by atoms with Crippen molar-refractivity contribution in [3.63, 3.8) is 0 Å². The number of anilines is 1. The summed E-state index contributed by atoms with van der Waals surface area (Å²) in [6.07, 6.45) is 1.64. The smallest absolute Gasteiger partial charge is 0.298 e. The van der Waals surface area contributed by atoms with Crippen LogP contribution in [0.5, 0.6) is 5.75 Å². The number of ether oxygens (including phenoxy) is 1. The van der Waals surface area contributed by atoms with Crippen LogP contribution in [0.2, 0.25) is 5.02 Å². The summed E-state index contributed by atoms with van der Waals surface area (Å²) < 4.78 is 18.9. The topological polar surface area (TPSA) is 46.6 Å². The number of para-hydroxylation sites is 1. The van der Waals surface area contributed by atoms with E-state index >= 15 is 0 Å². The summed E-state index contributed by atoms with van der Waals surface area (Å²) >= 11 is 6.76. The van der Waals surface area contributed by atoms with Crippen LogP contribution in [-0.2, 0) is 11.4 Å². The minimum absolute atomic E-state index is 0.247. The van der Waals surface area contributed by atoms with E-state index in [1.807, 2.05) is 12.1 Å². The van der Waals surface area contributed by atoms with Gasteiger partial charge in [-0.1, -0.05) is 41.9 Å². The molecule has 0 unspecified atom stereocenters. The second-order valence-electron chi connectivity index (χ2n) is 6.45. The summed E-state index contributed by atoms with van der Waals surface area (Å²) in [7, 11) is 0. The zero-order chi connectivity index (χ0) is 21.1. The largest absolute Gasteiger partial charge is 0.488 e. The molecule has 0 bridgehead atoms. The van der Waals surface area contributed by atoms with Crippen LogP contribution in [-0.4, -0.2) is 11.1 Å². The van der Waals surface area contributed by atoms with Gasteiger partial charge in [0, 0.05) is 10.6 Å². The molecule has 1 aliphatic heterocycles. The Labute approximate surface area is 181 Å². The van der Waals surface area contributed by atoms with Crippen molar-refractivity contribution in [1.82, 2.24) is 0 Å². The monoisotopic (exact) mass is 439 g/mol. The maximum Gasteiger partial charge on any atom is 0.298 e. The van der Waals surface area contributed by atoms with Gasteiger partial charge in [-0.25, -0.2) is 9.29 Å². The standard InChI is InChI=1S/C23H15ClFNO3S/c24-17-7-11-19(12-8-17)26-22(27)21(30-23(26)28)13-16-3-1-2-4-20(16)29-14-15-5-9-18(25)10-6-15/h1-13H,14H2/b21-13+. The van der Waals surface area contributed by atoms with Gasteiger partial charge in [0.1, 0.15) is 18.2 Å². The number of carbonyl (C=O) groups excluding carboxylic acids is 2. The van der Waals surface area contributed by atoms with Crippen molar-refractivity contribution < 1.29 is 18.7 Å². The Balaban J connectivity index is 1.56. The Hall–Kier alpha value is -3.09. The number of hydrogen-bond acceptors (Lipinski definition) is 4. The van der Waals surface area contributed by atoms with Crippen LogP contribution in [0.15, 0.2) is 77.7 Å². The van der Waals surface area contributed by atoms with E-state index < -0.39 is 5.91 Å². The van der Waals surface area contributed by atoms with Crippen molar-refractivity contribution in [2.75, 3.05) is 4.90 Å². The van der Waals surface area contributed by atoms with Gasteiger partial charge in [0.2, 0.25) is 0 Å². The van der Waals surface area contributed by atoms with Gasteiger partial charge in [-0.15, -0.1) is 0 Å². The molecule has 1 fully saturated rings. The van der Waals surface area contributed by atoms with Crippen LogP contribution in [0.1, 0.15) is 11.1 Å². The van der Waals surface area contributed by atoms with Crippen LogP contribution in [0.25, 0.3) is 6.08 Å². The Bertz CT molecular complexity index is 1130. The van der Waals surface area contributed by atoms with E-state index in [-0.39, 0.29) is 17.7 Å². The van der Waals surface area contributed by atoms with Crippen LogP contribution >= 0.6 is 23.4 Å². The van der Waals surface area contributed by atoms with Crippen molar-refractivity contribution >= 4 is 46.3 Å². The Kier molecular flexibility index (Phi) is 5.88. The molecule has 150 valence electrons. The first-order valence-electron chi connectivity index (χ1n) is 9.01. The number of rotatable bonds is 5. The van der Waals surface area contributed by atoms with Crippen molar-refractivity contribution in [2.24, 2.45) is 0 Å². The van der Waals surface area contributed by atoms with Crippen molar-refractivity contribution in [3.05, 3.63) is 99.7 Å². The molecule has 2 amide bonds. The molecule has 3 aromatic carbocycles. The molecule has 30 heavy (non-hydrogen) atoms. The predicted molar refractivity (Wildman–Crippen MR) is 117 cm³/mol. The van der Waals surface area contributed by atoms with Gasteiger partial charge in [-0.3, -0.25) is 9.59 Å². The molecule has 1 aliphatic rings. The lowest BCUT2D eigenvalue weighted by Gasteiger charge is -2.12. The third-order valence-corrected chi connectivity index (χ3v) is 5.51. The summed E-state index contributed by atoms with van der Waals surface area (Å²) in [5.74, 6) is -0.156. The van der Waals surface area contributed by atoms with E-state index in [0.717, 1.165) is 22.2 Å². The molecule has 1 heterocycles. The van der Waals surface area contributed by atoms with Gasteiger partial charge in [-0.2, -0.15) is 0 Å². The van der Waals surface area contributed by atoms with E-state index in [4.69, 9.17) is 16.3 Å². The summed E-state index contributed by atoms with van der Waals surface area (Å²) in [5, 5.41) is 0.145. The first kappa shape index (κ1) is 20.2. The summed E-state index contributed by atoms with van der Waals surface area (Å²) in [6, 6.07) is 19.8. The van der Waals surface area contributed by atoms with Crippen LogP contribution in [0.3, 0.4) is 0 Å². The highest BCUT2D eigenvalue weighted by molar-refractivity contribution is 8.19. The molecule has 0 aliphatic carbocycles. The van der Waals surface area contributed by atoms with Crippen molar-refractivity contribution in [2.45, 2.75) is 6.61 Å².